The second kappa shape index (κ2) is 6.66. The van der Waals surface area contributed by atoms with Crippen LogP contribution >= 0.6 is 11.3 Å². The molecule has 118 valence electrons. The van der Waals surface area contributed by atoms with Crippen LogP contribution in [-0.2, 0) is 6.42 Å². The second-order valence-electron chi connectivity index (χ2n) is 7.05. The SMILES string of the molecule is CCCNC1CCCc2sc(N3CC(C)CC(C)C3)nc21. The summed E-state index contributed by atoms with van der Waals surface area (Å²) in [5.74, 6) is 1.59. The summed E-state index contributed by atoms with van der Waals surface area (Å²) in [7, 11) is 0. The Balaban J connectivity index is 1.77. The van der Waals surface area contributed by atoms with Crippen molar-refractivity contribution in [2.45, 2.75) is 58.9 Å². The summed E-state index contributed by atoms with van der Waals surface area (Å²) in [6, 6.07) is 0.498. The van der Waals surface area contributed by atoms with E-state index in [2.05, 4.69) is 31.0 Å². The number of hydrogen-bond acceptors (Lipinski definition) is 4. The Morgan fingerprint density at radius 2 is 2.05 bits per heavy atom. The molecular formula is C17H29N3S. The predicted octanol–water partition coefficient (Wildman–Crippen LogP) is 4.00. The number of anilines is 1. The molecule has 4 heteroatoms. The van der Waals surface area contributed by atoms with Crippen LogP contribution in [0.2, 0.25) is 0 Å². The summed E-state index contributed by atoms with van der Waals surface area (Å²) < 4.78 is 0. The van der Waals surface area contributed by atoms with Gasteiger partial charge in [-0.15, -0.1) is 11.3 Å². The highest BCUT2D eigenvalue weighted by molar-refractivity contribution is 7.15. The minimum Gasteiger partial charge on any atom is -0.348 e. The van der Waals surface area contributed by atoms with Gasteiger partial charge >= 0.3 is 0 Å². The first-order chi connectivity index (χ1) is 10.2. The van der Waals surface area contributed by atoms with Crippen molar-refractivity contribution in [3.05, 3.63) is 10.6 Å². The number of aromatic nitrogens is 1. The van der Waals surface area contributed by atoms with Gasteiger partial charge in [0.15, 0.2) is 5.13 Å². The normalized spacial score (nSPS) is 29.5. The van der Waals surface area contributed by atoms with Gasteiger partial charge in [0.25, 0.3) is 0 Å². The number of thiazole rings is 1. The summed E-state index contributed by atoms with van der Waals surface area (Å²) >= 11 is 1.96. The minimum atomic E-state index is 0.498. The van der Waals surface area contributed by atoms with Crippen LogP contribution in [0.1, 0.15) is 63.1 Å². The fourth-order valence-electron chi connectivity index (χ4n) is 3.88. The number of fused-ring (bicyclic) bond motifs is 1. The van der Waals surface area contributed by atoms with Crippen LogP contribution in [0.3, 0.4) is 0 Å². The summed E-state index contributed by atoms with van der Waals surface area (Å²) in [6.07, 6.45) is 6.36. The van der Waals surface area contributed by atoms with Gasteiger partial charge in [-0.1, -0.05) is 20.8 Å². The highest BCUT2D eigenvalue weighted by Gasteiger charge is 2.28. The van der Waals surface area contributed by atoms with Gasteiger partial charge in [0, 0.05) is 18.0 Å². The summed E-state index contributed by atoms with van der Waals surface area (Å²) in [6.45, 7) is 10.5. The summed E-state index contributed by atoms with van der Waals surface area (Å²) in [5.41, 5.74) is 1.36. The molecule has 1 fully saturated rings. The van der Waals surface area contributed by atoms with Crippen molar-refractivity contribution in [3.63, 3.8) is 0 Å². The average molecular weight is 308 g/mol. The Hall–Kier alpha value is -0.610. The lowest BCUT2D eigenvalue weighted by Crippen LogP contribution is -2.38. The van der Waals surface area contributed by atoms with Gasteiger partial charge in [0.1, 0.15) is 0 Å². The summed E-state index contributed by atoms with van der Waals surface area (Å²) in [5, 5.41) is 4.97. The van der Waals surface area contributed by atoms with E-state index in [1.54, 1.807) is 0 Å². The van der Waals surface area contributed by atoms with Gasteiger partial charge in [-0.25, -0.2) is 4.98 Å². The minimum absolute atomic E-state index is 0.498. The van der Waals surface area contributed by atoms with E-state index in [1.807, 2.05) is 11.3 Å². The Labute approximate surface area is 133 Å². The van der Waals surface area contributed by atoms with Gasteiger partial charge in [0.05, 0.1) is 11.7 Å². The van der Waals surface area contributed by atoms with Crippen molar-refractivity contribution in [1.29, 1.82) is 0 Å². The molecule has 21 heavy (non-hydrogen) atoms. The zero-order valence-corrected chi connectivity index (χ0v) is 14.5. The van der Waals surface area contributed by atoms with E-state index in [9.17, 15) is 0 Å². The zero-order chi connectivity index (χ0) is 14.8. The van der Waals surface area contributed by atoms with Crippen LogP contribution < -0.4 is 10.2 Å². The second-order valence-corrected chi connectivity index (χ2v) is 8.12. The quantitative estimate of drug-likeness (QED) is 0.911. The average Bonchev–Trinajstić information content (AvgIpc) is 2.88. The van der Waals surface area contributed by atoms with Crippen LogP contribution in [0.4, 0.5) is 5.13 Å². The summed E-state index contributed by atoms with van der Waals surface area (Å²) in [4.78, 5) is 9.14. The highest BCUT2D eigenvalue weighted by atomic mass is 32.1. The number of rotatable bonds is 4. The molecule has 0 bridgehead atoms. The van der Waals surface area contributed by atoms with Gasteiger partial charge in [-0.2, -0.15) is 0 Å². The first-order valence-corrected chi connectivity index (χ1v) is 9.47. The molecule has 0 spiro atoms. The maximum atomic E-state index is 5.06. The molecule has 1 aliphatic heterocycles. The Morgan fingerprint density at radius 1 is 1.29 bits per heavy atom. The van der Waals surface area contributed by atoms with E-state index in [0.717, 1.165) is 18.4 Å². The largest absolute Gasteiger partial charge is 0.348 e. The molecule has 2 aliphatic rings. The van der Waals surface area contributed by atoms with Crippen molar-refractivity contribution in [2.24, 2.45) is 11.8 Å². The van der Waals surface area contributed by atoms with E-state index in [1.165, 1.54) is 60.9 Å². The molecule has 1 N–H and O–H groups in total. The fourth-order valence-corrected chi connectivity index (χ4v) is 5.06. The lowest BCUT2D eigenvalue weighted by Gasteiger charge is -2.34. The van der Waals surface area contributed by atoms with Gasteiger partial charge in [-0.05, 0) is 50.5 Å². The molecule has 3 nitrogen and oxygen atoms in total. The number of nitrogens with one attached hydrogen (secondary N) is 1. The molecule has 1 saturated heterocycles. The smallest absolute Gasteiger partial charge is 0.185 e. The van der Waals surface area contributed by atoms with E-state index in [0.29, 0.717) is 6.04 Å². The molecule has 1 aliphatic carbocycles. The maximum Gasteiger partial charge on any atom is 0.185 e. The third kappa shape index (κ3) is 3.42. The first kappa shape index (κ1) is 15.3. The van der Waals surface area contributed by atoms with Gasteiger partial charge in [-0.3, -0.25) is 0 Å². The molecule has 2 heterocycles. The zero-order valence-electron chi connectivity index (χ0n) is 13.7. The molecule has 0 amide bonds. The molecule has 0 saturated carbocycles. The molecule has 3 atom stereocenters. The maximum absolute atomic E-state index is 5.06. The number of hydrogen-bond donors (Lipinski definition) is 1. The van der Waals surface area contributed by atoms with Gasteiger partial charge < -0.3 is 10.2 Å². The van der Waals surface area contributed by atoms with Crippen molar-refractivity contribution in [2.75, 3.05) is 24.5 Å². The Bertz CT molecular complexity index is 461. The number of aryl methyl sites for hydroxylation is 1. The molecule has 0 aromatic carbocycles. The van der Waals surface area contributed by atoms with Crippen LogP contribution in [0.15, 0.2) is 0 Å². The fraction of sp³-hybridized carbons (Fsp3) is 0.824. The molecular weight excluding hydrogens is 278 g/mol. The molecule has 1 aromatic rings. The molecule has 3 unspecified atom stereocenters. The van der Waals surface area contributed by atoms with Crippen LogP contribution in [-0.4, -0.2) is 24.6 Å². The standard InChI is InChI=1S/C17H29N3S/c1-4-8-18-14-6-5-7-15-16(14)19-17(21-15)20-10-12(2)9-13(3)11-20/h12-14,18H,4-11H2,1-3H3. The molecule has 1 aromatic heterocycles. The van der Waals surface area contributed by atoms with Crippen molar-refractivity contribution in [1.82, 2.24) is 10.3 Å². The number of piperidine rings is 1. The monoisotopic (exact) mass is 307 g/mol. The van der Waals surface area contributed by atoms with E-state index in [4.69, 9.17) is 4.98 Å². The Kier molecular flexibility index (Phi) is 4.85. The molecule has 0 radical (unpaired) electrons. The van der Waals surface area contributed by atoms with E-state index in [-0.39, 0.29) is 0 Å². The first-order valence-electron chi connectivity index (χ1n) is 8.65. The molecule has 3 rings (SSSR count). The van der Waals surface area contributed by atoms with Crippen molar-refractivity contribution < 1.29 is 0 Å². The third-order valence-electron chi connectivity index (χ3n) is 4.72. The van der Waals surface area contributed by atoms with E-state index >= 15 is 0 Å². The van der Waals surface area contributed by atoms with Crippen LogP contribution in [0.5, 0.6) is 0 Å². The highest BCUT2D eigenvalue weighted by Crippen LogP contribution is 2.38. The lowest BCUT2D eigenvalue weighted by atomic mass is 9.92. The van der Waals surface area contributed by atoms with Crippen LogP contribution in [0, 0.1) is 11.8 Å². The lowest BCUT2D eigenvalue weighted by molar-refractivity contribution is 0.356. The van der Waals surface area contributed by atoms with Gasteiger partial charge in [0.2, 0.25) is 0 Å². The number of nitrogens with zero attached hydrogens (tertiary/aromatic N) is 2. The van der Waals surface area contributed by atoms with E-state index < -0.39 is 0 Å². The van der Waals surface area contributed by atoms with Crippen molar-refractivity contribution >= 4 is 16.5 Å². The predicted molar refractivity (Wildman–Crippen MR) is 91.2 cm³/mol. The third-order valence-corrected chi connectivity index (χ3v) is 5.91. The van der Waals surface area contributed by atoms with Crippen LogP contribution in [0.25, 0.3) is 0 Å². The Morgan fingerprint density at radius 3 is 2.76 bits per heavy atom. The topological polar surface area (TPSA) is 28.2 Å². The van der Waals surface area contributed by atoms with Crippen molar-refractivity contribution in [3.8, 4) is 0 Å².